The van der Waals surface area contributed by atoms with Gasteiger partial charge in [-0.3, -0.25) is 19.4 Å². The number of benzene rings is 1. The normalized spacial score (nSPS) is 17.2. The molecule has 0 aliphatic carbocycles. The molecule has 0 aromatic heterocycles. The van der Waals surface area contributed by atoms with Crippen LogP contribution >= 0.6 is 0 Å². The predicted octanol–water partition coefficient (Wildman–Crippen LogP) is 0.0315. The van der Waals surface area contributed by atoms with Gasteiger partial charge in [0.25, 0.3) is 0 Å². The van der Waals surface area contributed by atoms with Crippen molar-refractivity contribution in [2.75, 3.05) is 51.2 Å². The summed E-state index contributed by atoms with van der Waals surface area (Å²) in [6.45, 7) is 4.06. The third-order valence-corrected chi connectivity index (χ3v) is 4.27. The summed E-state index contributed by atoms with van der Waals surface area (Å²) in [7, 11) is 0. The molecule has 1 saturated heterocycles. The molecule has 138 valence electrons. The number of piperazine rings is 1. The van der Waals surface area contributed by atoms with Crippen molar-refractivity contribution in [1.29, 1.82) is 0 Å². The Balaban J connectivity index is 1.84. The Kier molecular flexibility index (Phi) is 7.17. The number of rotatable bonds is 8. The van der Waals surface area contributed by atoms with Crippen LogP contribution in [-0.4, -0.2) is 82.9 Å². The van der Waals surface area contributed by atoms with E-state index in [0.29, 0.717) is 18.8 Å². The van der Waals surface area contributed by atoms with E-state index in [1.165, 1.54) is 12.1 Å². The van der Waals surface area contributed by atoms with Gasteiger partial charge in [-0.2, -0.15) is 0 Å². The number of hydrogen-bond donors (Lipinski definition) is 4. The fraction of sp³-hybridized carbons (Fsp3) is 0.529. The lowest BCUT2D eigenvalue weighted by Crippen LogP contribution is -2.49. The van der Waals surface area contributed by atoms with Crippen LogP contribution in [0.25, 0.3) is 0 Å². The molecule has 0 bridgehead atoms. The molecule has 8 nitrogen and oxygen atoms in total. The van der Waals surface area contributed by atoms with Crippen molar-refractivity contribution in [2.45, 2.75) is 6.42 Å². The molecule has 0 radical (unpaired) electrons. The summed E-state index contributed by atoms with van der Waals surface area (Å²) >= 11 is 0. The van der Waals surface area contributed by atoms with Crippen molar-refractivity contribution < 1.29 is 24.9 Å². The van der Waals surface area contributed by atoms with Crippen LogP contribution in [0.5, 0.6) is 5.75 Å². The molecule has 2 rings (SSSR count). The second kappa shape index (κ2) is 9.36. The number of carbonyl (C=O) groups excluding carboxylic acids is 1. The van der Waals surface area contributed by atoms with Crippen LogP contribution in [0.1, 0.15) is 6.42 Å². The van der Waals surface area contributed by atoms with Gasteiger partial charge in [0.05, 0.1) is 12.5 Å². The van der Waals surface area contributed by atoms with E-state index in [9.17, 15) is 19.8 Å². The minimum atomic E-state index is -0.996. The zero-order chi connectivity index (χ0) is 18.2. The Morgan fingerprint density at radius 3 is 2.44 bits per heavy atom. The molecular weight excluding hydrogens is 326 g/mol. The molecule has 1 aliphatic heterocycles. The highest BCUT2D eigenvalue weighted by atomic mass is 16.4. The van der Waals surface area contributed by atoms with Crippen molar-refractivity contribution in [3.8, 4) is 5.75 Å². The molecule has 1 aromatic carbocycles. The number of aliphatic hydroxyl groups excluding tert-OH is 1. The monoisotopic (exact) mass is 351 g/mol. The highest BCUT2D eigenvalue weighted by Gasteiger charge is 2.26. The lowest BCUT2D eigenvalue weighted by atomic mass is 10.0. The van der Waals surface area contributed by atoms with Gasteiger partial charge in [-0.15, -0.1) is 0 Å². The lowest BCUT2D eigenvalue weighted by molar-refractivity contribution is -0.144. The Morgan fingerprint density at radius 1 is 1.16 bits per heavy atom. The minimum absolute atomic E-state index is 0.0355. The second-order valence-electron chi connectivity index (χ2n) is 6.20. The number of aromatic hydroxyl groups is 1. The van der Waals surface area contributed by atoms with E-state index in [0.717, 1.165) is 26.2 Å². The molecule has 1 amide bonds. The number of nitrogens with zero attached hydrogens (tertiary/aromatic N) is 2. The van der Waals surface area contributed by atoms with E-state index in [4.69, 9.17) is 5.11 Å². The summed E-state index contributed by atoms with van der Waals surface area (Å²) in [6, 6.07) is 6.14. The number of nitrogens with one attached hydrogen (secondary N) is 1. The third-order valence-electron chi connectivity index (χ3n) is 4.27. The second-order valence-corrected chi connectivity index (χ2v) is 6.20. The average Bonchev–Trinajstić information content (AvgIpc) is 2.56. The summed E-state index contributed by atoms with van der Waals surface area (Å²) < 4.78 is 0. The SMILES string of the molecule is O=C(C[C@@H](CN1CCN(CCO)CC1)C(=O)O)Nc1cccc(O)c1. The number of amides is 1. The summed E-state index contributed by atoms with van der Waals surface area (Å²) in [5.74, 6) is -2.14. The Bertz CT molecular complexity index is 587. The van der Waals surface area contributed by atoms with E-state index >= 15 is 0 Å². The van der Waals surface area contributed by atoms with Gasteiger partial charge in [-0.25, -0.2) is 0 Å². The third kappa shape index (κ3) is 6.33. The first kappa shape index (κ1) is 19.2. The molecule has 8 heteroatoms. The lowest BCUT2D eigenvalue weighted by Gasteiger charge is -2.35. The smallest absolute Gasteiger partial charge is 0.308 e. The number of phenols is 1. The topological polar surface area (TPSA) is 113 Å². The molecule has 25 heavy (non-hydrogen) atoms. The molecule has 1 aromatic rings. The molecule has 4 N–H and O–H groups in total. The van der Waals surface area contributed by atoms with Gasteiger partial charge in [0, 0.05) is 57.4 Å². The van der Waals surface area contributed by atoms with Gasteiger partial charge in [0.1, 0.15) is 5.75 Å². The van der Waals surface area contributed by atoms with Gasteiger partial charge in [-0.05, 0) is 12.1 Å². The number of phenolic OH excluding ortho intramolecular Hbond substituents is 1. The molecule has 0 spiro atoms. The maximum absolute atomic E-state index is 12.1. The maximum atomic E-state index is 12.1. The van der Waals surface area contributed by atoms with Crippen molar-refractivity contribution in [3.05, 3.63) is 24.3 Å². The van der Waals surface area contributed by atoms with E-state index in [2.05, 4.69) is 10.2 Å². The average molecular weight is 351 g/mol. The van der Waals surface area contributed by atoms with Crippen molar-refractivity contribution >= 4 is 17.6 Å². The number of carboxylic acids is 1. The fourth-order valence-corrected chi connectivity index (χ4v) is 2.90. The largest absolute Gasteiger partial charge is 0.508 e. The van der Waals surface area contributed by atoms with Gasteiger partial charge in [0.15, 0.2) is 0 Å². The summed E-state index contributed by atoms with van der Waals surface area (Å²) in [5, 5.41) is 30.4. The Morgan fingerprint density at radius 2 is 1.84 bits per heavy atom. The highest BCUT2D eigenvalue weighted by Crippen LogP contribution is 2.17. The van der Waals surface area contributed by atoms with Crippen molar-refractivity contribution in [1.82, 2.24) is 9.80 Å². The first-order valence-corrected chi connectivity index (χ1v) is 8.35. The van der Waals surface area contributed by atoms with E-state index in [1.807, 2.05) is 4.90 Å². The number of carboxylic acid groups (broad SMARTS) is 1. The number of carbonyl (C=O) groups is 2. The summed E-state index contributed by atoms with van der Waals surface area (Å²) in [4.78, 5) is 27.8. The fourth-order valence-electron chi connectivity index (χ4n) is 2.90. The van der Waals surface area contributed by atoms with Crippen LogP contribution in [0.3, 0.4) is 0 Å². The molecule has 1 aliphatic rings. The zero-order valence-corrected chi connectivity index (χ0v) is 14.1. The molecule has 0 unspecified atom stereocenters. The first-order chi connectivity index (χ1) is 12.0. The van der Waals surface area contributed by atoms with Gasteiger partial charge in [-0.1, -0.05) is 6.07 Å². The first-order valence-electron chi connectivity index (χ1n) is 8.35. The predicted molar refractivity (Wildman–Crippen MR) is 92.4 cm³/mol. The molecular formula is C17H25N3O5. The highest BCUT2D eigenvalue weighted by molar-refractivity contribution is 5.93. The zero-order valence-electron chi connectivity index (χ0n) is 14.1. The van der Waals surface area contributed by atoms with E-state index in [1.54, 1.807) is 12.1 Å². The molecule has 1 fully saturated rings. The summed E-state index contributed by atoms with van der Waals surface area (Å²) in [6.07, 6.45) is -0.123. The maximum Gasteiger partial charge on any atom is 0.308 e. The van der Waals surface area contributed by atoms with Crippen LogP contribution in [0.2, 0.25) is 0 Å². The van der Waals surface area contributed by atoms with Crippen LogP contribution in [-0.2, 0) is 9.59 Å². The Labute approximate surface area is 146 Å². The van der Waals surface area contributed by atoms with Gasteiger partial charge in [0.2, 0.25) is 5.91 Å². The molecule has 1 heterocycles. The van der Waals surface area contributed by atoms with Crippen LogP contribution < -0.4 is 5.32 Å². The van der Waals surface area contributed by atoms with Gasteiger partial charge >= 0.3 is 5.97 Å². The Hall–Kier alpha value is -2.16. The van der Waals surface area contributed by atoms with Crippen LogP contribution in [0.4, 0.5) is 5.69 Å². The van der Waals surface area contributed by atoms with Crippen molar-refractivity contribution in [2.24, 2.45) is 5.92 Å². The standard InChI is InChI=1S/C17H25N3O5/c21-9-8-19-4-6-20(7-5-19)12-13(17(24)25)10-16(23)18-14-2-1-3-15(22)11-14/h1-3,11,13,21-22H,4-10,12H2,(H,18,23)(H,24,25)/t13-/m0/s1. The number of aliphatic carboxylic acids is 1. The molecule has 0 saturated carbocycles. The number of anilines is 1. The number of β-amino-alcohol motifs (C(OH)–C–C–N with tert-alkyl or cyclic N) is 1. The van der Waals surface area contributed by atoms with Crippen LogP contribution in [0, 0.1) is 5.92 Å². The number of hydrogen-bond acceptors (Lipinski definition) is 6. The quantitative estimate of drug-likeness (QED) is 0.523. The van der Waals surface area contributed by atoms with Crippen molar-refractivity contribution in [3.63, 3.8) is 0 Å². The summed E-state index contributed by atoms with van der Waals surface area (Å²) in [5.41, 5.74) is 0.437. The van der Waals surface area contributed by atoms with E-state index in [-0.39, 0.29) is 18.8 Å². The van der Waals surface area contributed by atoms with Gasteiger partial charge < -0.3 is 20.6 Å². The number of aliphatic hydroxyl groups is 1. The van der Waals surface area contributed by atoms with Crippen LogP contribution in [0.15, 0.2) is 24.3 Å². The van der Waals surface area contributed by atoms with E-state index < -0.39 is 17.8 Å². The minimum Gasteiger partial charge on any atom is -0.508 e. The molecule has 1 atom stereocenters.